The Morgan fingerprint density at radius 1 is 0.230 bits per heavy atom. The molecular formula is C57H38N4. The minimum absolute atomic E-state index is 0.621. The van der Waals surface area contributed by atoms with E-state index in [4.69, 9.17) is 15.0 Å². The van der Waals surface area contributed by atoms with Gasteiger partial charge in [0.2, 0.25) is 0 Å². The summed E-state index contributed by atoms with van der Waals surface area (Å²) >= 11 is 0. The minimum Gasteiger partial charge on any atom is -0.309 e. The molecule has 0 N–H and O–H groups in total. The maximum atomic E-state index is 5.16. The topological polar surface area (TPSA) is 43.6 Å². The monoisotopic (exact) mass is 778 g/mol. The average Bonchev–Trinajstić information content (AvgIpc) is 3.68. The first kappa shape index (κ1) is 35.9. The van der Waals surface area contributed by atoms with E-state index in [-0.39, 0.29) is 0 Å². The molecule has 0 saturated carbocycles. The van der Waals surface area contributed by atoms with E-state index in [1.54, 1.807) is 0 Å². The predicted octanol–water partition coefficient (Wildman–Crippen LogP) is 14.6. The average molecular weight is 779 g/mol. The molecular weight excluding hydrogens is 741 g/mol. The largest absolute Gasteiger partial charge is 0.309 e. The first-order valence-electron chi connectivity index (χ1n) is 20.6. The summed E-state index contributed by atoms with van der Waals surface area (Å²) in [5, 5.41) is 2.36. The maximum Gasteiger partial charge on any atom is 0.164 e. The van der Waals surface area contributed by atoms with Crippen LogP contribution in [-0.2, 0) is 0 Å². The smallest absolute Gasteiger partial charge is 0.164 e. The van der Waals surface area contributed by atoms with Gasteiger partial charge in [0.1, 0.15) is 0 Å². The normalized spacial score (nSPS) is 11.3. The molecule has 0 aliphatic carbocycles. The van der Waals surface area contributed by atoms with E-state index >= 15 is 0 Å². The molecule has 9 aromatic carbocycles. The Kier molecular flexibility index (Phi) is 9.14. The van der Waals surface area contributed by atoms with Crippen molar-refractivity contribution in [2.45, 2.75) is 0 Å². The molecule has 0 aliphatic rings. The highest BCUT2D eigenvalue weighted by Crippen LogP contribution is 2.37. The van der Waals surface area contributed by atoms with Crippen LogP contribution in [0.3, 0.4) is 0 Å². The zero-order chi connectivity index (χ0) is 40.5. The number of para-hydroxylation sites is 1. The van der Waals surface area contributed by atoms with Crippen LogP contribution in [0.25, 0.3) is 106 Å². The number of hydrogen-bond donors (Lipinski definition) is 0. The fraction of sp³-hybridized carbons (Fsp3) is 0. The SMILES string of the molecule is c1ccc(-c2ccc(-c3ccc(-c4nc(-c5ccccc5)nc(-c5ccc6c7ccccc7n(-c7cccc(-c8ccc(-c9ccccc9)cc8)c7)c6c5)n4)cc3)cc2)cc1. The molecule has 0 spiro atoms. The zero-order valence-corrected chi connectivity index (χ0v) is 33.2. The lowest BCUT2D eigenvalue weighted by atomic mass is 9.99. The molecule has 0 bridgehead atoms. The van der Waals surface area contributed by atoms with Gasteiger partial charge in [-0.05, 0) is 68.8 Å². The third-order valence-corrected chi connectivity index (χ3v) is 11.5. The van der Waals surface area contributed by atoms with Crippen molar-refractivity contribution in [1.82, 2.24) is 19.5 Å². The quantitative estimate of drug-likeness (QED) is 0.154. The van der Waals surface area contributed by atoms with E-state index in [0.29, 0.717) is 17.5 Å². The van der Waals surface area contributed by atoms with Gasteiger partial charge >= 0.3 is 0 Å². The van der Waals surface area contributed by atoms with E-state index in [0.717, 1.165) is 50.1 Å². The summed E-state index contributed by atoms with van der Waals surface area (Å²) in [6.45, 7) is 0. The summed E-state index contributed by atoms with van der Waals surface area (Å²) in [6, 6.07) is 81.2. The van der Waals surface area contributed by atoms with Gasteiger partial charge in [0, 0.05) is 33.2 Å². The van der Waals surface area contributed by atoms with Crippen LogP contribution in [0, 0.1) is 0 Å². The third-order valence-electron chi connectivity index (χ3n) is 11.5. The van der Waals surface area contributed by atoms with Crippen molar-refractivity contribution >= 4 is 21.8 Å². The molecule has 0 saturated heterocycles. The highest BCUT2D eigenvalue weighted by molar-refractivity contribution is 6.10. The molecule has 2 heterocycles. The molecule has 286 valence electrons. The van der Waals surface area contributed by atoms with Gasteiger partial charge in [-0.2, -0.15) is 0 Å². The Morgan fingerprint density at radius 2 is 0.590 bits per heavy atom. The van der Waals surface area contributed by atoms with Gasteiger partial charge in [-0.1, -0.05) is 206 Å². The van der Waals surface area contributed by atoms with Crippen molar-refractivity contribution in [3.05, 3.63) is 231 Å². The number of benzene rings is 9. The Morgan fingerprint density at radius 3 is 1.13 bits per heavy atom. The number of nitrogens with zero attached hydrogens (tertiary/aromatic N) is 4. The second-order valence-corrected chi connectivity index (χ2v) is 15.3. The molecule has 11 aromatic rings. The molecule has 11 rings (SSSR count). The zero-order valence-electron chi connectivity index (χ0n) is 33.2. The Labute approximate surface area is 354 Å². The molecule has 0 amide bonds. The Hall–Kier alpha value is -8.21. The molecule has 61 heavy (non-hydrogen) atoms. The van der Waals surface area contributed by atoms with Gasteiger partial charge < -0.3 is 4.57 Å². The van der Waals surface area contributed by atoms with Crippen LogP contribution in [0.1, 0.15) is 0 Å². The lowest BCUT2D eigenvalue weighted by Gasteiger charge is -2.12. The first-order chi connectivity index (χ1) is 30.2. The fourth-order valence-corrected chi connectivity index (χ4v) is 8.35. The third kappa shape index (κ3) is 6.96. The lowest BCUT2D eigenvalue weighted by molar-refractivity contribution is 1.07. The lowest BCUT2D eigenvalue weighted by Crippen LogP contribution is -2.00. The van der Waals surface area contributed by atoms with E-state index in [1.807, 2.05) is 36.4 Å². The molecule has 0 unspecified atom stereocenters. The number of hydrogen-bond acceptors (Lipinski definition) is 3. The summed E-state index contributed by atoms with van der Waals surface area (Å²) in [4.78, 5) is 15.3. The van der Waals surface area contributed by atoms with Gasteiger partial charge in [0.15, 0.2) is 17.5 Å². The summed E-state index contributed by atoms with van der Waals surface area (Å²) in [6.07, 6.45) is 0. The summed E-state index contributed by atoms with van der Waals surface area (Å²) in [5.74, 6) is 1.88. The van der Waals surface area contributed by atoms with Crippen molar-refractivity contribution < 1.29 is 0 Å². The molecule has 0 aliphatic heterocycles. The number of rotatable bonds is 8. The highest BCUT2D eigenvalue weighted by Gasteiger charge is 2.17. The van der Waals surface area contributed by atoms with Gasteiger partial charge in [-0.25, -0.2) is 15.0 Å². The van der Waals surface area contributed by atoms with Crippen molar-refractivity contribution in [2.24, 2.45) is 0 Å². The molecule has 0 fully saturated rings. The van der Waals surface area contributed by atoms with Crippen molar-refractivity contribution in [2.75, 3.05) is 0 Å². The Bertz CT molecular complexity index is 3300. The Balaban J connectivity index is 0.985. The van der Waals surface area contributed by atoms with Gasteiger partial charge in [0.05, 0.1) is 11.0 Å². The molecule has 0 atom stereocenters. The van der Waals surface area contributed by atoms with Gasteiger partial charge in [-0.3, -0.25) is 0 Å². The van der Waals surface area contributed by atoms with E-state index < -0.39 is 0 Å². The molecule has 2 aromatic heterocycles. The highest BCUT2D eigenvalue weighted by atomic mass is 15.0. The van der Waals surface area contributed by atoms with Crippen molar-refractivity contribution in [1.29, 1.82) is 0 Å². The van der Waals surface area contributed by atoms with Crippen molar-refractivity contribution in [3.8, 4) is 84.4 Å². The van der Waals surface area contributed by atoms with Crippen LogP contribution < -0.4 is 0 Å². The second kappa shape index (κ2) is 15.5. The van der Waals surface area contributed by atoms with Crippen LogP contribution in [-0.4, -0.2) is 19.5 Å². The summed E-state index contributed by atoms with van der Waals surface area (Å²) < 4.78 is 2.36. The maximum absolute atomic E-state index is 5.16. The molecule has 0 radical (unpaired) electrons. The minimum atomic E-state index is 0.621. The second-order valence-electron chi connectivity index (χ2n) is 15.3. The predicted molar refractivity (Wildman–Crippen MR) is 252 cm³/mol. The number of fused-ring (bicyclic) bond motifs is 3. The first-order valence-corrected chi connectivity index (χ1v) is 20.6. The molecule has 4 nitrogen and oxygen atoms in total. The van der Waals surface area contributed by atoms with Crippen LogP contribution >= 0.6 is 0 Å². The summed E-state index contributed by atoms with van der Waals surface area (Å²) in [5.41, 5.74) is 15.5. The van der Waals surface area contributed by atoms with Gasteiger partial charge in [-0.15, -0.1) is 0 Å². The van der Waals surface area contributed by atoms with Crippen LogP contribution in [0.4, 0.5) is 0 Å². The van der Waals surface area contributed by atoms with E-state index in [1.165, 1.54) is 38.6 Å². The fourth-order valence-electron chi connectivity index (χ4n) is 8.35. The van der Waals surface area contributed by atoms with E-state index in [9.17, 15) is 0 Å². The van der Waals surface area contributed by atoms with Crippen molar-refractivity contribution in [3.63, 3.8) is 0 Å². The summed E-state index contributed by atoms with van der Waals surface area (Å²) in [7, 11) is 0. The van der Waals surface area contributed by atoms with E-state index in [2.05, 4.69) is 199 Å². The van der Waals surface area contributed by atoms with Crippen LogP contribution in [0.2, 0.25) is 0 Å². The number of aromatic nitrogens is 4. The standard InChI is InChI=1S/C57H38N4/c1-4-13-39(14-5-1)41-23-25-43(26-24-41)44-31-33-47(34-32-44)56-58-55(46-17-8-3-9-18-46)59-57(60-56)49-35-36-52-51-21-10-11-22-53(51)61(54(52)38-49)50-20-12-19-48(37-50)45-29-27-42(28-30-45)40-15-6-2-7-16-40/h1-38H. The van der Waals surface area contributed by atoms with Crippen LogP contribution in [0.15, 0.2) is 231 Å². The molecule has 4 heteroatoms. The van der Waals surface area contributed by atoms with Crippen LogP contribution in [0.5, 0.6) is 0 Å². The van der Waals surface area contributed by atoms with Gasteiger partial charge in [0.25, 0.3) is 0 Å².